The van der Waals surface area contributed by atoms with Crippen molar-refractivity contribution in [2.24, 2.45) is 0 Å². The molecule has 0 radical (unpaired) electrons. The first-order valence-electron chi connectivity index (χ1n) is 9.63. The second-order valence-corrected chi connectivity index (χ2v) is 9.04. The number of aliphatic hydroxyl groups excluding tert-OH is 1. The van der Waals surface area contributed by atoms with E-state index in [-0.39, 0.29) is 37.3 Å². The van der Waals surface area contributed by atoms with E-state index in [4.69, 9.17) is 34.8 Å². The number of allylic oxidation sites excluding steroid dienone is 1. The van der Waals surface area contributed by atoms with E-state index >= 15 is 0 Å². The summed E-state index contributed by atoms with van der Waals surface area (Å²) in [5, 5.41) is 20.8. The van der Waals surface area contributed by atoms with Gasteiger partial charge in [-0.25, -0.2) is 4.39 Å². The largest absolute Gasteiger partial charge is 0.399 e. The number of carbonyl (C=O) groups is 1. The average Bonchev–Trinajstić information content (AvgIpc) is 3.49. The van der Waals surface area contributed by atoms with Crippen molar-refractivity contribution < 1.29 is 32.6 Å². The summed E-state index contributed by atoms with van der Waals surface area (Å²) >= 11 is 17.5. The molecule has 0 aliphatic heterocycles. The second-order valence-electron chi connectivity index (χ2n) is 7.85. The van der Waals surface area contributed by atoms with E-state index in [0.717, 1.165) is 18.2 Å². The Kier molecular flexibility index (Phi) is 7.36. The van der Waals surface area contributed by atoms with E-state index < -0.39 is 35.7 Å². The van der Waals surface area contributed by atoms with Crippen LogP contribution in [0.4, 0.5) is 17.6 Å². The number of benzene rings is 2. The van der Waals surface area contributed by atoms with Crippen LogP contribution in [-0.4, -0.2) is 34.1 Å². The number of carbonyl (C=O) groups excluding carboxylic acids is 1. The normalized spacial score (nSPS) is 16.6. The summed E-state index contributed by atoms with van der Waals surface area (Å²) in [4.78, 5) is 12.5. The number of rotatable bonds is 6. The molecule has 2 aromatic carbocycles. The van der Waals surface area contributed by atoms with Crippen LogP contribution in [0.5, 0.6) is 0 Å². The zero-order valence-corrected chi connectivity index (χ0v) is 19.2. The smallest absolute Gasteiger partial charge is 0.366 e. The molecule has 1 unspecified atom stereocenters. The van der Waals surface area contributed by atoms with Crippen molar-refractivity contribution in [1.82, 2.24) is 5.32 Å². The van der Waals surface area contributed by atoms with Gasteiger partial charge in [0.2, 0.25) is 0 Å². The fourth-order valence-electron chi connectivity index (χ4n) is 3.32. The Bertz CT molecular complexity index is 1090. The molecule has 178 valence electrons. The number of alkyl halides is 3. The van der Waals surface area contributed by atoms with Crippen LogP contribution < -0.4 is 5.32 Å². The number of nitrogens with one attached hydrogen (secondary N) is 1. The van der Waals surface area contributed by atoms with Gasteiger partial charge in [-0.3, -0.25) is 4.79 Å². The molecule has 1 amide bonds. The summed E-state index contributed by atoms with van der Waals surface area (Å²) in [5.41, 5.74) is -1.26. The van der Waals surface area contributed by atoms with E-state index in [0.29, 0.717) is 18.9 Å². The molecule has 2 aromatic rings. The summed E-state index contributed by atoms with van der Waals surface area (Å²) in [6, 6.07) is 5.59. The third-order valence-electron chi connectivity index (χ3n) is 5.42. The molecule has 0 aromatic heterocycles. The van der Waals surface area contributed by atoms with Gasteiger partial charge in [-0.05, 0) is 61.2 Å². The maximum atomic E-state index is 14.9. The third kappa shape index (κ3) is 5.63. The fraction of sp³-hybridized carbons (Fsp3) is 0.318. The van der Waals surface area contributed by atoms with Crippen molar-refractivity contribution in [3.05, 3.63) is 73.7 Å². The Labute approximate surface area is 201 Å². The maximum absolute atomic E-state index is 14.9. The number of aryl methyl sites for hydroxylation is 1. The molecule has 33 heavy (non-hydrogen) atoms. The summed E-state index contributed by atoms with van der Waals surface area (Å²) < 4.78 is 56.0. The summed E-state index contributed by atoms with van der Waals surface area (Å²) in [6.45, 7) is 1.49. The van der Waals surface area contributed by atoms with Gasteiger partial charge >= 0.3 is 6.18 Å². The molecule has 11 heteroatoms. The van der Waals surface area contributed by atoms with Crippen molar-refractivity contribution in [2.75, 3.05) is 0 Å². The molecule has 0 spiro atoms. The van der Waals surface area contributed by atoms with Crippen molar-refractivity contribution in [1.29, 1.82) is 0 Å². The number of amides is 1. The molecule has 1 saturated carbocycles. The second kappa shape index (κ2) is 9.43. The van der Waals surface area contributed by atoms with Gasteiger partial charge in [0, 0.05) is 11.1 Å². The van der Waals surface area contributed by atoms with Crippen molar-refractivity contribution in [3.63, 3.8) is 0 Å². The SMILES string of the molecule is Cc1cc(/C(F)=C/C(c2cc(Cl)c(Cl)c(Cl)c2)C(F)(F)F)ccc1C(=O)NC1(C(O)O)CC1. The van der Waals surface area contributed by atoms with Crippen LogP contribution in [0.25, 0.3) is 5.83 Å². The van der Waals surface area contributed by atoms with Crippen LogP contribution in [0.15, 0.2) is 36.4 Å². The Hall–Kier alpha value is -1.84. The lowest BCUT2D eigenvalue weighted by atomic mass is 9.95. The Morgan fingerprint density at radius 1 is 1.12 bits per heavy atom. The molecule has 1 aliphatic rings. The minimum Gasteiger partial charge on any atom is -0.366 e. The first-order chi connectivity index (χ1) is 15.2. The van der Waals surface area contributed by atoms with Gasteiger partial charge in [-0.15, -0.1) is 0 Å². The van der Waals surface area contributed by atoms with Gasteiger partial charge < -0.3 is 15.5 Å². The Morgan fingerprint density at radius 2 is 1.70 bits per heavy atom. The monoisotopic (exact) mass is 525 g/mol. The van der Waals surface area contributed by atoms with E-state index in [9.17, 15) is 32.6 Å². The van der Waals surface area contributed by atoms with E-state index in [2.05, 4.69) is 5.32 Å². The molecule has 4 nitrogen and oxygen atoms in total. The molecular weight excluding hydrogens is 509 g/mol. The highest BCUT2D eigenvalue weighted by Gasteiger charge is 2.50. The molecule has 1 fully saturated rings. The van der Waals surface area contributed by atoms with Crippen LogP contribution in [0, 0.1) is 6.92 Å². The van der Waals surface area contributed by atoms with Gasteiger partial charge in [-0.1, -0.05) is 40.9 Å². The van der Waals surface area contributed by atoms with Crippen LogP contribution in [0.1, 0.15) is 45.8 Å². The zero-order valence-electron chi connectivity index (χ0n) is 17.0. The quantitative estimate of drug-likeness (QED) is 0.239. The molecular formula is C22H18Cl3F4NO3. The van der Waals surface area contributed by atoms with Crippen molar-refractivity contribution in [3.8, 4) is 0 Å². The van der Waals surface area contributed by atoms with Gasteiger partial charge in [0.25, 0.3) is 5.91 Å². The van der Waals surface area contributed by atoms with Crippen LogP contribution in [0.3, 0.4) is 0 Å². The van der Waals surface area contributed by atoms with Gasteiger partial charge in [0.1, 0.15) is 11.7 Å². The van der Waals surface area contributed by atoms with Gasteiger partial charge in [0.15, 0.2) is 6.29 Å². The predicted molar refractivity (Wildman–Crippen MR) is 118 cm³/mol. The number of halogens is 7. The molecule has 3 rings (SSSR count). The highest BCUT2D eigenvalue weighted by molar-refractivity contribution is 6.48. The lowest BCUT2D eigenvalue weighted by Crippen LogP contribution is -2.45. The highest BCUT2D eigenvalue weighted by Crippen LogP contribution is 2.42. The standard InChI is InChI=1S/C22H18Cl3F4NO3/c1-10-6-11(2-3-13(10)19(31)30-21(4-5-21)20(32)33)17(26)9-14(22(27,28)29)12-7-15(23)18(25)16(24)8-12/h2-3,6-9,14,20,32-33H,4-5H2,1H3,(H,30,31)/b17-9-. The van der Waals surface area contributed by atoms with Crippen LogP contribution in [-0.2, 0) is 0 Å². The average molecular weight is 527 g/mol. The zero-order chi connectivity index (χ0) is 24.7. The molecule has 1 atom stereocenters. The summed E-state index contributed by atoms with van der Waals surface area (Å²) in [6.07, 6.45) is -5.40. The lowest BCUT2D eigenvalue weighted by Gasteiger charge is -2.20. The number of hydrogen-bond acceptors (Lipinski definition) is 3. The third-order valence-corrected chi connectivity index (χ3v) is 6.62. The van der Waals surface area contributed by atoms with Gasteiger partial charge in [-0.2, -0.15) is 13.2 Å². The Balaban J connectivity index is 1.91. The summed E-state index contributed by atoms with van der Waals surface area (Å²) in [5.74, 6) is -4.12. The molecule has 0 saturated heterocycles. The number of hydrogen-bond donors (Lipinski definition) is 3. The van der Waals surface area contributed by atoms with E-state index in [1.165, 1.54) is 19.1 Å². The van der Waals surface area contributed by atoms with Gasteiger partial charge in [0.05, 0.1) is 20.6 Å². The first-order valence-corrected chi connectivity index (χ1v) is 10.8. The van der Waals surface area contributed by atoms with Crippen molar-refractivity contribution >= 4 is 46.5 Å². The fourth-order valence-corrected chi connectivity index (χ4v) is 3.93. The lowest BCUT2D eigenvalue weighted by molar-refractivity contribution is -0.139. The van der Waals surface area contributed by atoms with E-state index in [1.807, 2.05) is 0 Å². The van der Waals surface area contributed by atoms with Crippen LogP contribution >= 0.6 is 34.8 Å². The topological polar surface area (TPSA) is 69.6 Å². The molecule has 3 N–H and O–H groups in total. The predicted octanol–water partition coefficient (Wildman–Crippen LogP) is 6.18. The minimum absolute atomic E-state index is 0.112. The van der Waals surface area contributed by atoms with Crippen molar-refractivity contribution in [2.45, 2.75) is 43.7 Å². The Morgan fingerprint density at radius 3 is 2.15 bits per heavy atom. The first kappa shape index (κ1) is 25.8. The van der Waals surface area contributed by atoms with Crippen LogP contribution in [0.2, 0.25) is 15.1 Å². The number of aliphatic hydroxyl groups is 2. The molecule has 1 aliphatic carbocycles. The minimum atomic E-state index is -4.85. The molecule has 0 heterocycles. The van der Waals surface area contributed by atoms with E-state index in [1.54, 1.807) is 0 Å². The molecule has 0 bridgehead atoms. The summed E-state index contributed by atoms with van der Waals surface area (Å²) in [7, 11) is 0. The highest BCUT2D eigenvalue weighted by atomic mass is 35.5. The maximum Gasteiger partial charge on any atom is 0.399 e.